The van der Waals surface area contributed by atoms with Gasteiger partial charge >= 0.3 is 0 Å². The summed E-state index contributed by atoms with van der Waals surface area (Å²) in [5.74, 6) is 5.81. The Morgan fingerprint density at radius 1 is 1.30 bits per heavy atom. The molecule has 2 rings (SSSR count). The van der Waals surface area contributed by atoms with E-state index in [-0.39, 0.29) is 11.9 Å². The molecule has 5 heteroatoms. The molecule has 1 aromatic carbocycles. The maximum Gasteiger partial charge on any atom is 0.128 e. The first-order chi connectivity index (χ1) is 9.70. The fraction of sp³-hybridized carbons (Fsp3) is 0.533. The highest BCUT2D eigenvalue weighted by molar-refractivity contribution is 6.31. The molecule has 3 N–H and O–H groups in total. The minimum Gasteiger partial charge on any atom is -0.312 e. The standard InChI is InChI=1S/C15H21ClFN3/c16-13-8-5-9-14(17)12(13)10-15(20-18)19-11-6-3-1-2-4-7-11/h5,8-9,11H,1-4,6-7,10,18H2,(H,19,20). The lowest BCUT2D eigenvalue weighted by Crippen LogP contribution is -2.33. The zero-order valence-corrected chi connectivity index (χ0v) is 12.3. The molecule has 0 bridgehead atoms. The topological polar surface area (TPSA) is 50.4 Å². The number of nitrogens with zero attached hydrogens (tertiary/aromatic N) is 1. The second kappa shape index (κ2) is 7.60. The molecular weight excluding hydrogens is 277 g/mol. The minimum atomic E-state index is -0.318. The van der Waals surface area contributed by atoms with Crippen molar-refractivity contribution in [3.8, 4) is 0 Å². The van der Waals surface area contributed by atoms with E-state index in [9.17, 15) is 4.39 Å². The van der Waals surface area contributed by atoms with Crippen LogP contribution in [0.5, 0.6) is 0 Å². The van der Waals surface area contributed by atoms with Gasteiger partial charge in [0.05, 0.1) is 6.04 Å². The molecule has 0 atom stereocenters. The van der Waals surface area contributed by atoms with E-state index in [1.807, 2.05) is 0 Å². The molecule has 0 radical (unpaired) electrons. The van der Waals surface area contributed by atoms with E-state index in [0.29, 0.717) is 22.8 Å². The van der Waals surface area contributed by atoms with Gasteiger partial charge < -0.3 is 5.43 Å². The molecule has 0 amide bonds. The third kappa shape index (κ3) is 4.18. The molecule has 0 heterocycles. The number of nitrogens with one attached hydrogen (secondary N) is 1. The molecule has 1 aliphatic rings. The highest BCUT2D eigenvalue weighted by atomic mass is 35.5. The van der Waals surface area contributed by atoms with Crippen molar-refractivity contribution in [3.63, 3.8) is 0 Å². The molecule has 20 heavy (non-hydrogen) atoms. The van der Waals surface area contributed by atoms with Crippen molar-refractivity contribution < 1.29 is 4.39 Å². The lowest BCUT2D eigenvalue weighted by molar-refractivity contribution is 0.580. The van der Waals surface area contributed by atoms with Gasteiger partial charge in [-0.1, -0.05) is 43.4 Å². The Labute approximate surface area is 124 Å². The summed E-state index contributed by atoms with van der Waals surface area (Å²) in [7, 11) is 0. The molecule has 110 valence electrons. The molecule has 0 spiro atoms. The van der Waals surface area contributed by atoms with Crippen molar-refractivity contribution in [1.29, 1.82) is 0 Å². The Hall–Kier alpha value is -1.13. The summed E-state index contributed by atoms with van der Waals surface area (Å²) in [5, 5.41) is 0.411. The Kier molecular flexibility index (Phi) is 5.80. The second-order valence-corrected chi connectivity index (χ2v) is 5.65. The summed E-state index contributed by atoms with van der Waals surface area (Å²) >= 11 is 6.04. The van der Waals surface area contributed by atoms with Crippen LogP contribution in [0.25, 0.3) is 0 Å². The summed E-state index contributed by atoms with van der Waals surface area (Å²) in [5.41, 5.74) is 3.04. The van der Waals surface area contributed by atoms with Gasteiger partial charge in [0.1, 0.15) is 11.7 Å². The Morgan fingerprint density at radius 2 is 2.00 bits per heavy atom. The van der Waals surface area contributed by atoms with Gasteiger partial charge in [-0.25, -0.2) is 10.2 Å². The zero-order valence-electron chi connectivity index (χ0n) is 11.5. The molecule has 1 fully saturated rings. The van der Waals surface area contributed by atoms with Crippen LogP contribution >= 0.6 is 11.6 Å². The predicted molar refractivity (Wildman–Crippen MR) is 81.4 cm³/mol. The van der Waals surface area contributed by atoms with E-state index in [2.05, 4.69) is 10.4 Å². The molecule has 0 unspecified atom stereocenters. The van der Waals surface area contributed by atoms with Crippen LogP contribution in [0.15, 0.2) is 23.2 Å². The number of halogens is 2. The predicted octanol–water partition coefficient (Wildman–Crippen LogP) is 3.61. The van der Waals surface area contributed by atoms with Crippen molar-refractivity contribution in [3.05, 3.63) is 34.6 Å². The van der Waals surface area contributed by atoms with Crippen LogP contribution in [0.2, 0.25) is 5.02 Å². The van der Waals surface area contributed by atoms with Gasteiger partial charge in [0.25, 0.3) is 0 Å². The number of hydrogen-bond acceptors (Lipinski definition) is 2. The van der Waals surface area contributed by atoms with E-state index < -0.39 is 0 Å². The normalized spacial score (nSPS) is 17.9. The van der Waals surface area contributed by atoms with Gasteiger partial charge in [-0.3, -0.25) is 4.99 Å². The third-order valence-electron chi connectivity index (χ3n) is 3.74. The summed E-state index contributed by atoms with van der Waals surface area (Å²) in [6, 6.07) is 4.97. The molecule has 0 aromatic heterocycles. The summed E-state index contributed by atoms with van der Waals surface area (Å²) in [6.07, 6.45) is 7.41. The van der Waals surface area contributed by atoms with E-state index in [0.717, 1.165) is 12.8 Å². The Balaban J connectivity index is 2.11. The quantitative estimate of drug-likeness (QED) is 0.294. The van der Waals surface area contributed by atoms with Crippen molar-refractivity contribution in [2.24, 2.45) is 10.8 Å². The maximum absolute atomic E-state index is 13.8. The first kappa shape index (κ1) is 15.3. The number of hydrazine groups is 1. The van der Waals surface area contributed by atoms with Crippen LogP contribution < -0.4 is 11.3 Å². The summed E-state index contributed by atoms with van der Waals surface area (Å²) in [4.78, 5) is 4.65. The van der Waals surface area contributed by atoms with Crippen LogP contribution in [0, 0.1) is 5.82 Å². The minimum absolute atomic E-state index is 0.286. The number of nitrogens with two attached hydrogens (primary N) is 1. The van der Waals surface area contributed by atoms with Gasteiger partial charge in [-0.2, -0.15) is 0 Å². The molecule has 1 aromatic rings. The fourth-order valence-corrected chi connectivity index (χ4v) is 2.84. The number of benzene rings is 1. The van der Waals surface area contributed by atoms with Crippen LogP contribution in [-0.2, 0) is 6.42 Å². The van der Waals surface area contributed by atoms with E-state index >= 15 is 0 Å². The maximum atomic E-state index is 13.8. The van der Waals surface area contributed by atoms with Crippen LogP contribution in [0.3, 0.4) is 0 Å². The average molecular weight is 298 g/mol. The first-order valence-electron chi connectivity index (χ1n) is 7.17. The number of aliphatic imine (C=N–C) groups is 1. The third-order valence-corrected chi connectivity index (χ3v) is 4.09. The van der Waals surface area contributed by atoms with E-state index in [4.69, 9.17) is 17.4 Å². The van der Waals surface area contributed by atoms with Crippen molar-refractivity contribution in [1.82, 2.24) is 5.43 Å². The molecule has 3 nitrogen and oxygen atoms in total. The van der Waals surface area contributed by atoms with Gasteiger partial charge in [-0.05, 0) is 25.0 Å². The zero-order chi connectivity index (χ0) is 14.4. The number of rotatable bonds is 3. The smallest absolute Gasteiger partial charge is 0.128 e. The SMILES string of the molecule is NNC(Cc1c(F)cccc1Cl)=NC1CCCCCC1. The monoisotopic (exact) mass is 297 g/mol. The van der Waals surface area contributed by atoms with Crippen LogP contribution in [0.4, 0.5) is 4.39 Å². The lowest BCUT2D eigenvalue weighted by Gasteiger charge is -2.13. The van der Waals surface area contributed by atoms with E-state index in [1.165, 1.54) is 31.7 Å². The molecular formula is C15H21ClFN3. The van der Waals surface area contributed by atoms with Crippen molar-refractivity contribution >= 4 is 17.4 Å². The largest absolute Gasteiger partial charge is 0.312 e. The first-order valence-corrected chi connectivity index (χ1v) is 7.54. The molecule has 1 saturated carbocycles. The Bertz CT molecular complexity index is 448. The van der Waals surface area contributed by atoms with Crippen LogP contribution in [0.1, 0.15) is 44.1 Å². The van der Waals surface area contributed by atoms with Crippen LogP contribution in [-0.4, -0.2) is 11.9 Å². The van der Waals surface area contributed by atoms with E-state index in [1.54, 1.807) is 12.1 Å². The van der Waals surface area contributed by atoms with Gasteiger partial charge in [0, 0.05) is 17.0 Å². The number of amidine groups is 1. The number of hydrogen-bond donors (Lipinski definition) is 2. The average Bonchev–Trinajstić information content (AvgIpc) is 2.70. The molecule has 1 aliphatic carbocycles. The van der Waals surface area contributed by atoms with Gasteiger partial charge in [0.2, 0.25) is 0 Å². The van der Waals surface area contributed by atoms with Gasteiger partial charge in [0.15, 0.2) is 0 Å². The van der Waals surface area contributed by atoms with Gasteiger partial charge in [-0.15, -0.1) is 0 Å². The summed E-state index contributed by atoms with van der Waals surface area (Å²) in [6.45, 7) is 0. The summed E-state index contributed by atoms with van der Waals surface area (Å²) < 4.78 is 13.8. The Morgan fingerprint density at radius 3 is 2.60 bits per heavy atom. The molecule has 0 saturated heterocycles. The highest BCUT2D eigenvalue weighted by Crippen LogP contribution is 2.22. The van der Waals surface area contributed by atoms with Crippen molar-refractivity contribution in [2.45, 2.75) is 51.0 Å². The lowest BCUT2D eigenvalue weighted by atomic mass is 10.1. The fourth-order valence-electron chi connectivity index (χ4n) is 2.61. The molecule has 0 aliphatic heterocycles. The second-order valence-electron chi connectivity index (χ2n) is 5.24. The highest BCUT2D eigenvalue weighted by Gasteiger charge is 2.14. The van der Waals surface area contributed by atoms with Crippen molar-refractivity contribution in [2.75, 3.05) is 0 Å².